The average Bonchev–Trinajstić information content (AvgIpc) is 2.64. The van der Waals surface area contributed by atoms with E-state index in [2.05, 4.69) is 31.4 Å². The van der Waals surface area contributed by atoms with Gasteiger partial charge in [-0.3, -0.25) is 9.59 Å². The van der Waals surface area contributed by atoms with Crippen molar-refractivity contribution in [3.8, 4) is 0 Å². The van der Waals surface area contributed by atoms with Crippen molar-refractivity contribution in [1.82, 2.24) is 10.6 Å². The fraction of sp³-hybridized carbons (Fsp3) is 0.846. The van der Waals surface area contributed by atoms with Gasteiger partial charge in [0.15, 0.2) is 0 Å². The zero-order valence-electron chi connectivity index (χ0n) is 11.8. The minimum atomic E-state index is -0.628. The standard InChI is InChI=1S/C13H25N3O2/c1-9(10(14)17)16-11(18)13(6-5-7-15-13)8-12(2,3)4/h9,15H,5-8H2,1-4H3,(H2,14,17)(H,16,18)/t9-,13-/m1/s1. The van der Waals surface area contributed by atoms with E-state index in [1.54, 1.807) is 6.92 Å². The molecular weight excluding hydrogens is 230 g/mol. The molecule has 0 unspecified atom stereocenters. The van der Waals surface area contributed by atoms with Gasteiger partial charge in [0.05, 0.1) is 5.54 Å². The van der Waals surface area contributed by atoms with Gasteiger partial charge in [0.2, 0.25) is 11.8 Å². The minimum absolute atomic E-state index is 0.0463. The first-order valence-electron chi connectivity index (χ1n) is 6.52. The van der Waals surface area contributed by atoms with E-state index in [-0.39, 0.29) is 11.3 Å². The quantitative estimate of drug-likeness (QED) is 0.685. The lowest BCUT2D eigenvalue weighted by molar-refractivity contribution is -0.132. The first-order valence-corrected chi connectivity index (χ1v) is 6.52. The molecule has 5 nitrogen and oxygen atoms in total. The van der Waals surface area contributed by atoms with E-state index in [0.717, 1.165) is 25.8 Å². The molecule has 1 saturated heterocycles. The lowest BCUT2D eigenvalue weighted by Gasteiger charge is -2.35. The number of hydrogen-bond acceptors (Lipinski definition) is 3. The summed E-state index contributed by atoms with van der Waals surface area (Å²) in [5.41, 5.74) is 4.67. The molecule has 1 heterocycles. The third-order valence-electron chi connectivity index (χ3n) is 3.28. The molecular formula is C13H25N3O2. The van der Waals surface area contributed by atoms with Crippen molar-refractivity contribution in [1.29, 1.82) is 0 Å². The van der Waals surface area contributed by atoms with Crippen LogP contribution in [-0.4, -0.2) is 29.9 Å². The second-order valence-electron chi connectivity index (χ2n) is 6.45. The molecule has 2 atom stereocenters. The molecule has 0 spiro atoms. The highest BCUT2D eigenvalue weighted by Gasteiger charge is 2.44. The lowest BCUT2D eigenvalue weighted by Crippen LogP contribution is -2.58. The summed E-state index contributed by atoms with van der Waals surface area (Å²) in [7, 11) is 0. The third kappa shape index (κ3) is 3.70. The van der Waals surface area contributed by atoms with E-state index in [9.17, 15) is 9.59 Å². The Kier molecular flexibility index (Phi) is 4.37. The maximum atomic E-state index is 12.4. The third-order valence-corrected chi connectivity index (χ3v) is 3.28. The van der Waals surface area contributed by atoms with Crippen LogP contribution in [0.15, 0.2) is 0 Å². The Labute approximate surface area is 109 Å². The average molecular weight is 255 g/mol. The van der Waals surface area contributed by atoms with Crippen molar-refractivity contribution in [2.45, 2.75) is 58.5 Å². The number of primary amides is 1. The predicted molar refractivity (Wildman–Crippen MR) is 70.8 cm³/mol. The number of carbonyl (C=O) groups excluding carboxylic acids is 2. The molecule has 0 aromatic rings. The normalized spacial score (nSPS) is 25.8. The van der Waals surface area contributed by atoms with Gasteiger partial charge < -0.3 is 16.4 Å². The van der Waals surface area contributed by atoms with Crippen molar-refractivity contribution >= 4 is 11.8 Å². The Morgan fingerprint density at radius 3 is 2.44 bits per heavy atom. The number of rotatable bonds is 4. The molecule has 1 aliphatic heterocycles. The monoisotopic (exact) mass is 255 g/mol. The van der Waals surface area contributed by atoms with E-state index in [1.165, 1.54) is 0 Å². The number of nitrogens with two attached hydrogens (primary N) is 1. The number of hydrogen-bond donors (Lipinski definition) is 3. The zero-order chi connectivity index (χ0) is 14.0. The van der Waals surface area contributed by atoms with Crippen LogP contribution in [0.5, 0.6) is 0 Å². The largest absolute Gasteiger partial charge is 0.368 e. The number of amides is 2. The molecule has 0 aromatic heterocycles. The summed E-state index contributed by atoms with van der Waals surface area (Å²) >= 11 is 0. The minimum Gasteiger partial charge on any atom is -0.368 e. The van der Waals surface area contributed by atoms with Crippen LogP contribution in [0.2, 0.25) is 0 Å². The fourth-order valence-corrected chi connectivity index (χ4v) is 2.54. The van der Waals surface area contributed by atoms with Gasteiger partial charge in [-0.1, -0.05) is 20.8 Å². The van der Waals surface area contributed by atoms with E-state index in [1.807, 2.05) is 0 Å². The predicted octanol–water partition coefficient (Wildman–Crippen LogP) is 0.535. The summed E-state index contributed by atoms with van der Waals surface area (Å²) in [6.45, 7) is 8.78. The first-order chi connectivity index (χ1) is 8.16. The van der Waals surface area contributed by atoms with E-state index in [4.69, 9.17) is 5.73 Å². The van der Waals surface area contributed by atoms with Crippen LogP contribution >= 0.6 is 0 Å². The molecule has 1 fully saturated rings. The van der Waals surface area contributed by atoms with Crippen molar-refractivity contribution in [2.75, 3.05) is 6.54 Å². The van der Waals surface area contributed by atoms with Crippen molar-refractivity contribution in [3.63, 3.8) is 0 Å². The highest BCUT2D eigenvalue weighted by atomic mass is 16.2. The van der Waals surface area contributed by atoms with E-state index < -0.39 is 17.5 Å². The van der Waals surface area contributed by atoms with Gasteiger partial charge in [0.25, 0.3) is 0 Å². The van der Waals surface area contributed by atoms with Crippen LogP contribution in [-0.2, 0) is 9.59 Å². The topological polar surface area (TPSA) is 84.2 Å². The Morgan fingerprint density at radius 2 is 2.06 bits per heavy atom. The first kappa shape index (κ1) is 15.0. The highest BCUT2D eigenvalue weighted by molar-refractivity contribution is 5.91. The van der Waals surface area contributed by atoms with E-state index >= 15 is 0 Å². The van der Waals surface area contributed by atoms with Crippen LogP contribution in [0, 0.1) is 5.41 Å². The number of nitrogens with one attached hydrogen (secondary N) is 2. The molecule has 0 aliphatic carbocycles. The Bertz CT molecular complexity index is 328. The van der Waals surface area contributed by atoms with Crippen molar-refractivity contribution in [3.05, 3.63) is 0 Å². The molecule has 0 radical (unpaired) electrons. The van der Waals surface area contributed by atoms with Crippen LogP contribution in [0.1, 0.15) is 47.0 Å². The second-order valence-corrected chi connectivity index (χ2v) is 6.45. The van der Waals surface area contributed by atoms with Gasteiger partial charge in [0, 0.05) is 0 Å². The summed E-state index contributed by atoms with van der Waals surface area (Å²) < 4.78 is 0. The van der Waals surface area contributed by atoms with E-state index in [0.29, 0.717) is 0 Å². The summed E-state index contributed by atoms with van der Waals surface area (Å²) in [5.74, 6) is -0.617. The molecule has 104 valence electrons. The molecule has 0 bridgehead atoms. The smallest absolute Gasteiger partial charge is 0.240 e. The lowest BCUT2D eigenvalue weighted by atomic mass is 9.78. The van der Waals surface area contributed by atoms with Crippen LogP contribution in [0.25, 0.3) is 0 Å². The summed E-state index contributed by atoms with van der Waals surface area (Å²) in [5, 5.41) is 6.02. The Balaban J connectivity index is 2.78. The van der Waals surface area contributed by atoms with Crippen molar-refractivity contribution in [2.24, 2.45) is 11.1 Å². The van der Waals surface area contributed by atoms with Gasteiger partial charge in [-0.15, -0.1) is 0 Å². The molecule has 2 amide bonds. The fourth-order valence-electron chi connectivity index (χ4n) is 2.54. The summed E-state index contributed by atoms with van der Waals surface area (Å²) in [4.78, 5) is 23.4. The van der Waals surface area contributed by atoms with Gasteiger partial charge in [-0.05, 0) is 38.1 Å². The summed E-state index contributed by atoms with van der Waals surface area (Å²) in [6.07, 6.45) is 2.54. The molecule has 1 rings (SSSR count). The SMILES string of the molecule is C[C@@H](NC(=O)[C@]1(CC(C)(C)C)CCCN1)C(N)=O. The maximum absolute atomic E-state index is 12.4. The molecule has 1 aliphatic rings. The number of carbonyl (C=O) groups is 2. The zero-order valence-corrected chi connectivity index (χ0v) is 11.8. The van der Waals surface area contributed by atoms with Gasteiger partial charge in [0.1, 0.15) is 6.04 Å². The van der Waals surface area contributed by atoms with Crippen LogP contribution in [0.4, 0.5) is 0 Å². The van der Waals surface area contributed by atoms with Gasteiger partial charge in [-0.2, -0.15) is 0 Å². The summed E-state index contributed by atoms with van der Waals surface area (Å²) in [6, 6.07) is -0.628. The van der Waals surface area contributed by atoms with Crippen LogP contribution in [0.3, 0.4) is 0 Å². The van der Waals surface area contributed by atoms with Gasteiger partial charge in [-0.25, -0.2) is 0 Å². The Hall–Kier alpha value is -1.10. The molecule has 18 heavy (non-hydrogen) atoms. The molecule has 5 heteroatoms. The molecule has 0 aromatic carbocycles. The highest BCUT2D eigenvalue weighted by Crippen LogP contribution is 2.33. The molecule has 0 saturated carbocycles. The maximum Gasteiger partial charge on any atom is 0.240 e. The van der Waals surface area contributed by atoms with Crippen molar-refractivity contribution < 1.29 is 9.59 Å². The molecule has 4 N–H and O–H groups in total. The van der Waals surface area contributed by atoms with Gasteiger partial charge >= 0.3 is 0 Å². The van der Waals surface area contributed by atoms with Crippen LogP contribution < -0.4 is 16.4 Å². The second kappa shape index (κ2) is 5.26. The Morgan fingerprint density at radius 1 is 1.44 bits per heavy atom.